The summed E-state index contributed by atoms with van der Waals surface area (Å²) in [7, 11) is 0. The van der Waals surface area contributed by atoms with E-state index in [1.54, 1.807) is 0 Å². The van der Waals surface area contributed by atoms with E-state index < -0.39 is 0 Å². The summed E-state index contributed by atoms with van der Waals surface area (Å²) >= 11 is 0. The van der Waals surface area contributed by atoms with Crippen LogP contribution in [0.2, 0.25) is 0 Å². The molecule has 1 N–H and O–H groups in total. The van der Waals surface area contributed by atoms with Crippen LogP contribution in [-0.4, -0.2) is 11.2 Å². The summed E-state index contributed by atoms with van der Waals surface area (Å²) in [6.07, 6.45) is 6.30. The highest BCUT2D eigenvalue weighted by atomic mass is 16.5. The molecule has 0 saturated heterocycles. The number of hydrogen-bond donors (Lipinski definition) is 1. The second kappa shape index (κ2) is 5.48. The van der Waals surface area contributed by atoms with Gasteiger partial charge >= 0.3 is 0 Å². The summed E-state index contributed by atoms with van der Waals surface area (Å²) in [6, 6.07) is 2.72. The first-order chi connectivity index (χ1) is 7.78. The van der Waals surface area contributed by atoms with E-state index in [1.165, 1.54) is 25.7 Å². The van der Waals surface area contributed by atoms with Gasteiger partial charge in [-0.15, -0.1) is 0 Å². The Morgan fingerprint density at radius 3 is 3.06 bits per heavy atom. The number of hydrogen-bond acceptors (Lipinski definition) is 3. The third kappa shape index (κ3) is 3.08. The Morgan fingerprint density at radius 2 is 2.38 bits per heavy atom. The normalized spacial score (nSPS) is 25.9. The number of nitrogens with zero attached hydrogens (tertiary/aromatic N) is 1. The summed E-state index contributed by atoms with van der Waals surface area (Å²) in [5.74, 6) is 1.84. The SMILES string of the molecule is CCc1cc(CNC2CCCC(C)C2)on1. The van der Waals surface area contributed by atoms with E-state index in [0.29, 0.717) is 6.04 Å². The fourth-order valence-electron chi connectivity index (χ4n) is 2.47. The van der Waals surface area contributed by atoms with E-state index in [0.717, 1.165) is 30.3 Å². The minimum atomic E-state index is 0.666. The maximum absolute atomic E-state index is 5.26. The third-order valence-electron chi connectivity index (χ3n) is 3.47. The quantitative estimate of drug-likeness (QED) is 0.851. The fourth-order valence-corrected chi connectivity index (χ4v) is 2.47. The Bertz CT molecular complexity index is 321. The fraction of sp³-hybridized carbons (Fsp3) is 0.769. The molecule has 0 radical (unpaired) electrons. The zero-order valence-electron chi connectivity index (χ0n) is 10.3. The van der Waals surface area contributed by atoms with Crippen molar-refractivity contribution in [3.63, 3.8) is 0 Å². The van der Waals surface area contributed by atoms with Crippen molar-refractivity contribution in [2.45, 2.75) is 58.5 Å². The lowest BCUT2D eigenvalue weighted by molar-refractivity contribution is 0.286. The molecule has 1 fully saturated rings. The van der Waals surface area contributed by atoms with E-state index in [9.17, 15) is 0 Å². The van der Waals surface area contributed by atoms with E-state index in [1.807, 2.05) is 0 Å². The van der Waals surface area contributed by atoms with Crippen LogP contribution in [0.1, 0.15) is 51.0 Å². The summed E-state index contributed by atoms with van der Waals surface area (Å²) in [4.78, 5) is 0. The second-order valence-electron chi connectivity index (χ2n) is 4.99. The lowest BCUT2D eigenvalue weighted by Crippen LogP contribution is -2.32. The van der Waals surface area contributed by atoms with Crippen molar-refractivity contribution in [2.75, 3.05) is 0 Å². The third-order valence-corrected chi connectivity index (χ3v) is 3.47. The average Bonchev–Trinajstić information content (AvgIpc) is 2.74. The van der Waals surface area contributed by atoms with Crippen molar-refractivity contribution in [1.29, 1.82) is 0 Å². The summed E-state index contributed by atoms with van der Waals surface area (Å²) in [5, 5.41) is 7.57. The lowest BCUT2D eigenvalue weighted by Gasteiger charge is -2.27. The maximum Gasteiger partial charge on any atom is 0.150 e. The first kappa shape index (κ1) is 11.6. The van der Waals surface area contributed by atoms with Crippen molar-refractivity contribution in [1.82, 2.24) is 10.5 Å². The highest BCUT2D eigenvalue weighted by molar-refractivity contribution is 5.04. The number of aryl methyl sites for hydroxylation is 1. The molecule has 90 valence electrons. The van der Waals surface area contributed by atoms with Crippen molar-refractivity contribution >= 4 is 0 Å². The predicted octanol–water partition coefficient (Wildman–Crippen LogP) is 2.91. The minimum Gasteiger partial charge on any atom is -0.360 e. The molecule has 1 aromatic rings. The van der Waals surface area contributed by atoms with Crippen LogP contribution in [0, 0.1) is 5.92 Å². The Hall–Kier alpha value is -0.830. The zero-order chi connectivity index (χ0) is 11.4. The monoisotopic (exact) mass is 222 g/mol. The predicted molar refractivity (Wildman–Crippen MR) is 64.1 cm³/mol. The van der Waals surface area contributed by atoms with Crippen molar-refractivity contribution in [2.24, 2.45) is 5.92 Å². The minimum absolute atomic E-state index is 0.666. The molecule has 1 aromatic heterocycles. The van der Waals surface area contributed by atoms with Crippen LogP contribution in [0.5, 0.6) is 0 Å². The molecule has 0 aromatic carbocycles. The topological polar surface area (TPSA) is 38.1 Å². The van der Waals surface area contributed by atoms with Gasteiger partial charge in [-0.2, -0.15) is 0 Å². The lowest BCUT2D eigenvalue weighted by atomic mass is 9.87. The van der Waals surface area contributed by atoms with Gasteiger partial charge in [0.15, 0.2) is 5.76 Å². The van der Waals surface area contributed by atoms with Gasteiger partial charge in [-0.3, -0.25) is 0 Å². The molecule has 0 amide bonds. The first-order valence-electron chi connectivity index (χ1n) is 6.45. The van der Waals surface area contributed by atoms with Crippen LogP contribution < -0.4 is 5.32 Å². The summed E-state index contributed by atoms with van der Waals surface area (Å²) < 4.78 is 5.26. The summed E-state index contributed by atoms with van der Waals surface area (Å²) in [5.41, 5.74) is 1.05. The molecule has 1 heterocycles. The standard InChI is InChI=1S/C13H22N2O/c1-3-11-8-13(16-15-11)9-14-12-6-4-5-10(2)7-12/h8,10,12,14H,3-7,9H2,1-2H3. The van der Waals surface area contributed by atoms with Crippen LogP contribution in [0.3, 0.4) is 0 Å². The molecule has 1 saturated carbocycles. The average molecular weight is 222 g/mol. The van der Waals surface area contributed by atoms with Crippen LogP contribution in [0.15, 0.2) is 10.6 Å². The molecular formula is C13H22N2O. The summed E-state index contributed by atoms with van der Waals surface area (Å²) in [6.45, 7) is 5.26. The van der Waals surface area contributed by atoms with Gasteiger partial charge in [0, 0.05) is 12.1 Å². The maximum atomic E-state index is 5.26. The van der Waals surface area contributed by atoms with Gasteiger partial charge in [0.05, 0.1) is 12.2 Å². The molecule has 3 heteroatoms. The number of aromatic nitrogens is 1. The van der Waals surface area contributed by atoms with E-state index in [2.05, 4.69) is 30.4 Å². The van der Waals surface area contributed by atoms with Gasteiger partial charge in [0.25, 0.3) is 0 Å². The Kier molecular flexibility index (Phi) is 3.99. The van der Waals surface area contributed by atoms with Crippen LogP contribution in [0.25, 0.3) is 0 Å². The zero-order valence-corrected chi connectivity index (χ0v) is 10.3. The second-order valence-corrected chi connectivity index (χ2v) is 4.99. The first-order valence-corrected chi connectivity index (χ1v) is 6.45. The van der Waals surface area contributed by atoms with E-state index in [4.69, 9.17) is 4.52 Å². The number of nitrogens with one attached hydrogen (secondary N) is 1. The molecule has 2 unspecified atom stereocenters. The molecule has 3 nitrogen and oxygen atoms in total. The van der Waals surface area contributed by atoms with Crippen LogP contribution >= 0.6 is 0 Å². The van der Waals surface area contributed by atoms with Crippen molar-refractivity contribution in [3.05, 3.63) is 17.5 Å². The van der Waals surface area contributed by atoms with Gasteiger partial charge in [-0.1, -0.05) is 31.8 Å². The smallest absolute Gasteiger partial charge is 0.150 e. The van der Waals surface area contributed by atoms with E-state index in [-0.39, 0.29) is 0 Å². The highest BCUT2D eigenvalue weighted by Gasteiger charge is 2.18. The van der Waals surface area contributed by atoms with Crippen LogP contribution in [0.4, 0.5) is 0 Å². The van der Waals surface area contributed by atoms with Crippen LogP contribution in [-0.2, 0) is 13.0 Å². The van der Waals surface area contributed by atoms with Gasteiger partial charge in [-0.25, -0.2) is 0 Å². The largest absolute Gasteiger partial charge is 0.360 e. The highest BCUT2D eigenvalue weighted by Crippen LogP contribution is 2.23. The van der Waals surface area contributed by atoms with Gasteiger partial charge in [0.2, 0.25) is 0 Å². The van der Waals surface area contributed by atoms with Gasteiger partial charge in [0.1, 0.15) is 0 Å². The van der Waals surface area contributed by atoms with E-state index >= 15 is 0 Å². The van der Waals surface area contributed by atoms with Gasteiger partial charge < -0.3 is 9.84 Å². The van der Waals surface area contributed by atoms with Crippen molar-refractivity contribution < 1.29 is 4.52 Å². The molecule has 0 spiro atoms. The Morgan fingerprint density at radius 1 is 1.50 bits per heavy atom. The molecular weight excluding hydrogens is 200 g/mol. The van der Waals surface area contributed by atoms with Crippen molar-refractivity contribution in [3.8, 4) is 0 Å². The molecule has 2 atom stereocenters. The number of rotatable bonds is 4. The molecule has 2 rings (SSSR count). The molecule has 16 heavy (non-hydrogen) atoms. The molecule has 1 aliphatic rings. The Balaban J connectivity index is 1.78. The van der Waals surface area contributed by atoms with Gasteiger partial charge in [-0.05, 0) is 25.2 Å². The molecule has 0 bridgehead atoms. The molecule has 1 aliphatic carbocycles. The molecule has 0 aliphatic heterocycles. The Labute approximate surface area is 97.6 Å².